The van der Waals surface area contributed by atoms with Gasteiger partial charge in [-0.1, -0.05) is 17.9 Å². The minimum absolute atomic E-state index is 0.0138. The van der Waals surface area contributed by atoms with E-state index in [0.29, 0.717) is 43.1 Å². The first kappa shape index (κ1) is 21.4. The van der Waals surface area contributed by atoms with Crippen molar-refractivity contribution in [2.75, 3.05) is 26.2 Å². The van der Waals surface area contributed by atoms with Gasteiger partial charge in [0, 0.05) is 30.3 Å². The van der Waals surface area contributed by atoms with Crippen molar-refractivity contribution in [2.24, 2.45) is 5.92 Å². The van der Waals surface area contributed by atoms with Crippen LogP contribution in [-0.2, 0) is 4.79 Å². The summed E-state index contributed by atoms with van der Waals surface area (Å²) in [6, 6.07) is 7.67. The predicted octanol–water partition coefficient (Wildman–Crippen LogP) is 2.21. The monoisotopic (exact) mass is 398 g/mol. The number of nitrogens with zero attached hydrogens (tertiary/aromatic N) is 2. The first-order valence-corrected chi connectivity index (χ1v) is 10.3. The van der Waals surface area contributed by atoms with Crippen molar-refractivity contribution in [3.05, 3.63) is 35.4 Å². The Balaban J connectivity index is 1.55. The lowest BCUT2D eigenvalue weighted by molar-refractivity contribution is -0.143. The molecule has 156 valence electrons. The Morgan fingerprint density at radius 1 is 1.07 bits per heavy atom. The number of carboxylic acids is 1. The smallest absolute Gasteiger partial charge is 0.306 e. The number of benzene rings is 1. The number of amides is 1. The van der Waals surface area contributed by atoms with E-state index in [9.17, 15) is 14.7 Å². The molecular formula is C23H30N2O4. The van der Waals surface area contributed by atoms with Crippen LogP contribution < -0.4 is 0 Å². The average Bonchev–Trinajstić information content (AvgIpc) is 2.71. The molecule has 2 heterocycles. The topological polar surface area (TPSA) is 81.1 Å². The van der Waals surface area contributed by atoms with Crippen molar-refractivity contribution < 1.29 is 19.8 Å². The zero-order valence-electron chi connectivity index (χ0n) is 17.2. The van der Waals surface area contributed by atoms with Crippen LogP contribution in [0.3, 0.4) is 0 Å². The van der Waals surface area contributed by atoms with Gasteiger partial charge in [0.2, 0.25) is 0 Å². The Kier molecular flexibility index (Phi) is 6.61. The molecule has 0 bridgehead atoms. The maximum absolute atomic E-state index is 12.9. The van der Waals surface area contributed by atoms with Crippen molar-refractivity contribution in [3.63, 3.8) is 0 Å². The second-order valence-corrected chi connectivity index (χ2v) is 8.56. The molecule has 3 rings (SSSR count). The Labute approximate surface area is 172 Å². The fourth-order valence-electron chi connectivity index (χ4n) is 4.08. The zero-order valence-corrected chi connectivity index (χ0v) is 17.2. The van der Waals surface area contributed by atoms with Gasteiger partial charge in [0.25, 0.3) is 5.91 Å². The van der Waals surface area contributed by atoms with Gasteiger partial charge in [-0.15, -0.1) is 0 Å². The lowest BCUT2D eigenvalue weighted by Gasteiger charge is -2.41. The Hall–Kier alpha value is -2.36. The number of hydrogen-bond acceptors (Lipinski definition) is 4. The summed E-state index contributed by atoms with van der Waals surface area (Å²) in [6.07, 6.45) is 3.27. The molecule has 29 heavy (non-hydrogen) atoms. The van der Waals surface area contributed by atoms with E-state index in [1.165, 1.54) is 0 Å². The SMILES string of the molecule is CC(C)(O)C#Cc1cccc(C(=O)N2CCC(N3CCC(C(=O)O)CC3)CC2)c1. The summed E-state index contributed by atoms with van der Waals surface area (Å²) in [4.78, 5) is 28.3. The molecule has 2 aliphatic rings. The van der Waals surface area contributed by atoms with Gasteiger partial charge in [-0.25, -0.2) is 0 Å². The van der Waals surface area contributed by atoms with Crippen molar-refractivity contribution >= 4 is 11.9 Å². The van der Waals surface area contributed by atoms with Crippen LogP contribution in [0, 0.1) is 17.8 Å². The quantitative estimate of drug-likeness (QED) is 0.763. The molecule has 1 amide bonds. The minimum Gasteiger partial charge on any atom is -0.481 e. The lowest BCUT2D eigenvalue weighted by Crippen LogP contribution is -2.49. The molecule has 1 aromatic rings. The fraction of sp³-hybridized carbons (Fsp3) is 0.565. The summed E-state index contributed by atoms with van der Waals surface area (Å²) in [7, 11) is 0. The lowest BCUT2D eigenvalue weighted by atomic mass is 9.93. The molecule has 0 radical (unpaired) electrons. The number of likely N-dealkylation sites (tertiary alicyclic amines) is 2. The van der Waals surface area contributed by atoms with Gasteiger partial charge in [-0.3, -0.25) is 9.59 Å². The number of aliphatic hydroxyl groups is 1. The third-order valence-corrected chi connectivity index (χ3v) is 5.77. The number of hydrogen-bond donors (Lipinski definition) is 2. The highest BCUT2D eigenvalue weighted by atomic mass is 16.4. The van der Waals surface area contributed by atoms with Crippen molar-refractivity contribution in [2.45, 2.75) is 51.2 Å². The summed E-state index contributed by atoms with van der Waals surface area (Å²) in [5.74, 6) is 4.82. The highest BCUT2D eigenvalue weighted by Gasteiger charge is 2.31. The Morgan fingerprint density at radius 3 is 2.31 bits per heavy atom. The van der Waals surface area contributed by atoms with Crippen molar-refractivity contribution in [1.29, 1.82) is 0 Å². The van der Waals surface area contributed by atoms with E-state index >= 15 is 0 Å². The van der Waals surface area contributed by atoms with Gasteiger partial charge in [-0.05, 0) is 70.8 Å². The molecule has 1 aromatic carbocycles. The van der Waals surface area contributed by atoms with Crippen LogP contribution in [0.25, 0.3) is 0 Å². The molecule has 2 fully saturated rings. The number of carbonyl (C=O) groups is 2. The van der Waals surface area contributed by atoms with E-state index in [2.05, 4.69) is 16.7 Å². The molecule has 0 aromatic heterocycles. The van der Waals surface area contributed by atoms with Gasteiger partial charge in [0.15, 0.2) is 0 Å². The van der Waals surface area contributed by atoms with Crippen LogP contribution in [0.4, 0.5) is 0 Å². The van der Waals surface area contributed by atoms with Crippen molar-refractivity contribution in [1.82, 2.24) is 9.80 Å². The van der Waals surface area contributed by atoms with Gasteiger partial charge < -0.3 is 20.0 Å². The summed E-state index contributed by atoms with van der Waals surface area (Å²) in [6.45, 7) is 6.34. The Morgan fingerprint density at radius 2 is 1.72 bits per heavy atom. The normalized spacial score (nSPS) is 19.5. The maximum Gasteiger partial charge on any atom is 0.306 e. The second kappa shape index (κ2) is 8.98. The van der Waals surface area contributed by atoms with E-state index in [4.69, 9.17) is 5.11 Å². The third-order valence-electron chi connectivity index (χ3n) is 5.77. The van der Waals surface area contributed by atoms with E-state index in [1.54, 1.807) is 26.0 Å². The second-order valence-electron chi connectivity index (χ2n) is 8.56. The van der Waals surface area contributed by atoms with Gasteiger partial charge in [-0.2, -0.15) is 0 Å². The third kappa shape index (κ3) is 5.81. The molecule has 0 unspecified atom stereocenters. The van der Waals surface area contributed by atoms with Gasteiger partial charge in [0.05, 0.1) is 5.92 Å². The number of carboxylic acid groups (broad SMARTS) is 1. The van der Waals surface area contributed by atoms with Crippen LogP contribution in [0.5, 0.6) is 0 Å². The van der Waals surface area contributed by atoms with E-state index in [1.807, 2.05) is 17.0 Å². The van der Waals surface area contributed by atoms with Crippen LogP contribution >= 0.6 is 0 Å². The van der Waals surface area contributed by atoms with E-state index in [-0.39, 0.29) is 11.8 Å². The van der Waals surface area contributed by atoms with Crippen LogP contribution in [-0.4, -0.2) is 69.7 Å². The van der Waals surface area contributed by atoms with E-state index in [0.717, 1.165) is 25.9 Å². The van der Waals surface area contributed by atoms with Crippen LogP contribution in [0.1, 0.15) is 55.5 Å². The van der Waals surface area contributed by atoms with Gasteiger partial charge >= 0.3 is 5.97 Å². The molecule has 6 heteroatoms. The van der Waals surface area contributed by atoms with Crippen LogP contribution in [0.15, 0.2) is 24.3 Å². The molecule has 0 saturated carbocycles. The largest absolute Gasteiger partial charge is 0.481 e. The average molecular weight is 399 g/mol. The highest BCUT2D eigenvalue weighted by molar-refractivity contribution is 5.94. The molecule has 2 aliphatic heterocycles. The number of aliphatic carboxylic acids is 1. The van der Waals surface area contributed by atoms with Crippen LogP contribution in [0.2, 0.25) is 0 Å². The summed E-state index contributed by atoms with van der Waals surface area (Å²) < 4.78 is 0. The highest BCUT2D eigenvalue weighted by Crippen LogP contribution is 2.24. The van der Waals surface area contributed by atoms with Gasteiger partial charge in [0.1, 0.15) is 5.60 Å². The summed E-state index contributed by atoms with van der Waals surface area (Å²) >= 11 is 0. The maximum atomic E-state index is 12.9. The molecule has 0 aliphatic carbocycles. The summed E-state index contributed by atoms with van der Waals surface area (Å²) in [5, 5.41) is 18.9. The molecule has 2 saturated heterocycles. The molecule has 2 N–H and O–H groups in total. The molecule has 0 spiro atoms. The Bertz CT molecular complexity index is 802. The summed E-state index contributed by atoms with van der Waals surface area (Å²) in [5.41, 5.74) is 0.267. The first-order chi connectivity index (χ1) is 13.7. The number of piperidine rings is 2. The first-order valence-electron chi connectivity index (χ1n) is 10.3. The number of rotatable bonds is 3. The zero-order chi connectivity index (χ0) is 21.0. The fourth-order valence-corrected chi connectivity index (χ4v) is 4.08. The molecule has 0 atom stereocenters. The number of carbonyl (C=O) groups excluding carboxylic acids is 1. The van der Waals surface area contributed by atoms with E-state index < -0.39 is 11.6 Å². The molecular weight excluding hydrogens is 368 g/mol. The standard InChI is InChI=1S/C23H30N2O4/c1-23(2,29)11-6-17-4-3-5-19(16-17)21(26)25-14-9-20(10-15-25)24-12-7-18(8-13-24)22(27)28/h3-5,16,18,20,29H,7-10,12-15H2,1-2H3,(H,27,28). The molecule has 6 nitrogen and oxygen atoms in total. The minimum atomic E-state index is -1.07. The predicted molar refractivity (Wildman–Crippen MR) is 110 cm³/mol. The van der Waals surface area contributed by atoms with Crippen molar-refractivity contribution in [3.8, 4) is 11.8 Å².